The molecular weight excluding hydrogens is 554 g/mol. The van der Waals surface area contributed by atoms with Gasteiger partial charge in [-0.2, -0.15) is 0 Å². The Morgan fingerprint density at radius 2 is 1.81 bits per heavy atom. The molecule has 2 heterocycles. The highest BCUT2D eigenvalue weighted by atomic mass is 35.5. The molecule has 0 radical (unpaired) electrons. The molecule has 2 fully saturated rings. The third-order valence-electron chi connectivity index (χ3n) is 8.30. The van der Waals surface area contributed by atoms with Crippen molar-refractivity contribution in [3.05, 3.63) is 70.2 Å². The molecular formula is C32H42ClN5O4. The molecule has 42 heavy (non-hydrogen) atoms. The van der Waals surface area contributed by atoms with E-state index >= 15 is 0 Å². The van der Waals surface area contributed by atoms with Crippen LogP contribution in [0.25, 0.3) is 0 Å². The first-order valence-corrected chi connectivity index (χ1v) is 14.8. The van der Waals surface area contributed by atoms with Gasteiger partial charge < -0.3 is 20.4 Å². The van der Waals surface area contributed by atoms with E-state index in [0.717, 1.165) is 16.7 Å². The van der Waals surface area contributed by atoms with Gasteiger partial charge in [-0.1, -0.05) is 74.3 Å². The number of carbonyl (C=O) groups excluding carboxylic acids is 4. The summed E-state index contributed by atoms with van der Waals surface area (Å²) in [4.78, 5) is 58.5. The Labute approximate surface area is 253 Å². The van der Waals surface area contributed by atoms with Gasteiger partial charge in [0.05, 0.1) is 25.2 Å². The van der Waals surface area contributed by atoms with Gasteiger partial charge in [0, 0.05) is 18.0 Å². The number of carbonyl (C=O) groups is 4. The van der Waals surface area contributed by atoms with E-state index in [9.17, 15) is 19.2 Å². The topological polar surface area (TPSA) is 111 Å². The molecule has 3 amide bonds. The zero-order valence-corrected chi connectivity index (χ0v) is 26.0. The van der Waals surface area contributed by atoms with E-state index < -0.39 is 29.2 Å². The fourth-order valence-electron chi connectivity index (χ4n) is 5.72. The second kappa shape index (κ2) is 12.5. The van der Waals surface area contributed by atoms with E-state index in [1.807, 2.05) is 70.2 Å². The van der Waals surface area contributed by atoms with E-state index in [0.29, 0.717) is 18.0 Å². The number of likely N-dealkylation sites (N-methyl/N-ethyl adjacent to an activating group) is 1. The number of hydrogen-bond acceptors (Lipinski definition) is 6. The molecule has 4 rings (SSSR count). The number of rotatable bonds is 10. The highest BCUT2D eigenvalue weighted by Crippen LogP contribution is 2.35. The van der Waals surface area contributed by atoms with Gasteiger partial charge in [-0.15, -0.1) is 0 Å². The fourth-order valence-corrected chi connectivity index (χ4v) is 5.93. The van der Waals surface area contributed by atoms with Gasteiger partial charge in [0.15, 0.2) is 11.4 Å². The van der Waals surface area contributed by atoms with Crippen molar-refractivity contribution in [3.63, 3.8) is 0 Å². The number of nitrogens with one attached hydrogen (secondary N) is 3. The van der Waals surface area contributed by atoms with Crippen molar-refractivity contribution in [2.24, 2.45) is 5.41 Å². The van der Waals surface area contributed by atoms with Crippen LogP contribution in [0.2, 0.25) is 5.02 Å². The Morgan fingerprint density at radius 3 is 2.43 bits per heavy atom. The molecule has 226 valence electrons. The Balaban J connectivity index is 1.75. The smallest absolute Gasteiger partial charge is 0.245 e. The molecule has 2 aromatic rings. The van der Waals surface area contributed by atoms with Crippen LogP contribution < -0.4 is 16.0 Å². The van der Waals surface area contributed by atoms with Gasteiger partial charge in [-0.25, -0.2) is 0 Å². The van der Waals surface area contributed by atoms with E-state index in [4.69, 9.17) is 11.6 Å². The number of ketones is 1. The van der Waals surface area contributed by atoms with Crippen LogP contribution in [0.4, 0.5) is 0 Å². The molecule has 10 heteroatoms. The lowest BCUT2D eigenvalue weighted by Gasteiger charge is -2.51. The number of nitrogens with zero attached hydrogens (tertiary/aromatic N) is 2. The minimum atomic E-state index is -1.50. The maximum atomic E-state index is 14.7. The standard InChI is InChI=1S/C32H42ClN5O4/c1-20-10-12-23(13-11-20)17-25-30(42)37(15-14-22-8-7-9-24(33)16-22)19-32(35-18-26(39)38(25)32)28(40)27(31(3,4)5)36-29(41)21(2)34-6/h7-13,16,21,25,27,34-35H,14-15,17-19H2,1-6H3,(H,36,41)/t21-,25-,27+,32+/m0/s1. The SMILES string of the molecule is CN[C@@H](C)C(=O)N[C@H](C(=O)[C@@]12CN(CCc3cccc(Cl)c3)C(=O)[C@H](Cc3ccc(C)cc3)N1C(=O)CN2)C(C)(C)C. The van der Waals surface area contributed by atoms with Crippen LogP contribution in [0, 0.1) is 12.3 Å². The molecule has 4 atom stereocenters. The van der Waals surface area contributed by atoms with Crippen molar-refractivity contribution in [3.8, 4) is 0 Å². The Morgan fingerprint density at radius 1 is 1.12 bits per heavy atom. The predicted molar refractivity (Wildman–Crippen MR) is 163 cm³/mol. The summed E-state index contributed by atoms with van der Waals surface area (Å²) in [6.45, 7) is 9.59. The lowest BCUT2D eigenvalue weighted by atomic mass is 9.78. The number of Topliss-reactive ketones (excluding diaryl/α,β-unsaturated/α-hetero) is 1. The van der Waals surface area contributed by atoms with E-state index in [1.54, 1.807) is 24.9 Å². The van der Waals surface area contributed by atoms with Crippen molar-refractivity contribution < 1.29 is 19.2 Å². The Bertz CT molecular complexity index is 1340. The van der Waals surface area contributed by atoms with Crippen LogP contribution in [0.5, 0.6) is 0 Å². The van der Waals surface area contributed by atoms with Gasteiger partial charge in [0.1, 0.15) is 6.04 Å². The molecule has 0 saturated carbocycles. The molecule has 2 aliphatic rings. The Kier molecular flexibility index (Phi) is 9.45. The minimum Gasteiger partial charge on any atom is -0.344 e. The van der Waals surface area contributed by atoms with E-state index in [2.05, 4.69) is 16.0 Å². The molecule has 3 N–H and O–H groups in total. The largest absolute Gasteiger partial charge is 0.344 e. The third kappa shape index (κ3) is 6.53. The normalized spacial score (nSPS) is 22.1. The molecule has 2 saturated heterocycles. The molecule has 0 spiro atoms. The lowest BCUT2D eigenvalue weighted by molar-refractivity contribution is -0.165. The van der Waals surface area contributed by atoms with Crippen LogP contribution in [0.1, 0.15) is 44.4 Å². The molecule has 2 aromatic carbocycles. The summed E-state index contributed by atoms with van der Waals surface area (Å²) in [6.07, 6.45) is 0.791. The second-order valence-corrected chi connectivity index (χ2v) is 12.9. The van der Waals surface area contributed by atoms with Gasteiger partial charge in [-0.3, -0.25) is 24.5 Å². The van der Waals surface area contributed by atoms with Crippen molar-refractivity contribution in [2.75, 3.05) is 26.7 Å². The summed E-state index contributed by atoms with van der Waals surface area (Å²) in [6, 6.07) is 13.0. The second-order valence-electron chi connectivity index (χ2n) is 12.5. The molecule has 2 aliphatic heterocycles. The van der Waals surface area contributed by atoms with Gasteiger partial charge in [0.25, 0.3) is 0 Å². The average molecular weight is 596 g/mol. The highest BCUT2D eigenvalue weighted by molar-refractivity contribution is 6.30. The number of piperazine rings is 1. The summed E-state index contributed by atoms with van der Waals surface area (Å²) in [5, 5.41) is 9.68. The van der Waals surface area contributed by atoms with Crippen molar-refractivity contribution in [1.82, 2.24) is 25.8 Å². The van der Waals surface area contributed by atoms with Gasteiger partial charge in [-0.05, 0) is 56.0 Å². The minimum absolute atomic E-state index is 0.0224. The zero-order valence-electron chi connectivity index (χ0n) is 25.3. The maximum Gasteiger partial charge on any atom is 0.245 e. The van der Waals surface area contributed by atoms with E-state index in [-0.39, 0.29) is 43.0 Å². The van der Waals surface area contributed by atoms with Crippen molar-refractivity contribution in [2.45, 2.75) is 71.2 Å². The number of benzene rings is 2. The first-order valence-electron chi connectivity index (χ1n) is 14.4. The highest BCUT2D eigenvalue weighted by Gasteiger charge is 2.61. The van der Waals surface area contributed by atoms with Crippen LogP contribution >= 0.6 is 11.6 Å². The van der Waals surface area contributed by atoms with Gasteiger partial charge >= 0.3 is 0 Å². The van der Waals surface area contributed by atoms with Crippen LogP contribution in [0.15, 0.2) is 48.5 Å². The third-order valence-corrected chi connectivity index (χ3v) is 8.53. The number of hydrogen-bond donors (Lipinski definition) is 3. The van der Waals surface area contributed by atoms with Crippen LogP contribution in [-0.4, -0.2) is 83.8 Å². The number of aryl methyl sites for hydroxylation is 1. The summed E-state index contributed by atoms with van der Waals surface area (Å²) in [5.74, 6) is -1.19. The maximum absolute atomic E-state index is 14.7. The zero-order chi connectivity index (χ0) is 30.8. The summed E-state index contributed by atoms with van der Waals surface area (Å²) < 4.78 is 0. The molecule has 0 unspecified atom stereocenters. The molecule has 0 bridgehead atoms. The Hall–Kier alpha value is -3.27. The predicted octanol–water partition coefficient (Wildman–Crippen LogP) is 2.48. The first kappa shape index (κ1) is 31.7. The summed E-state index contributed by atoms with van der Waals surface area (Å²) >= 11 is 6.21. The summed E-state index contributed by atoms with van der Waals surface area (Å²) in [7, 11) is 1.68. The summed E-state index contributed by atoms with van der Waals surface area (Å²) in [5.41, 5.74) is 0.764. The van der Waals surface area contributed by atoms with Crippen LogP contribution in [-0.2, 0) is 32.0 Å². The first-order chi connectivity index (χ1) is 19.8. The van der Waals surface area contributed by atoms with Gasteiger partial charge in [0.2, 0.25) is 17.7 Å². The van der Waals surface area contributed by atoms with Crippen molar-refractivity contribution >= 4 is 35.1 Å². The monoisotopic (exact) mass is 595 g/mol. The molecule has 0 aromatic heterocycles. The van der Waals surface area contributed by atoms with Crippen LogP contribution in [0.3, 0.4) is 0 Å². The number of amides is 3. The van der Waals surface area contributed by atoms with Crippen molar-refractivity contribution in [1.29, 1.82) is 0 Å². The lowest BCUT2D eigenvalue weighted by Crippen LogP contribution is -2.77. The molecule has 0 aliphatic carbocycles. The number of fused-ring (bicyclic) bond motifs is 1. The molecule has 9 nitrogen and oxygen atoms in total. The fraction of sp³-hybridized carbons (Fsp3) is 0.500. The number of halogens is 1. The quantitative estimate of drug-likeness (QED) is 0.389. The average Bonchev–Trinajstić information content (AvgIpc) is 3.28. The van der Waals surface area contributed by atoms with E-state index in [1.165, 1.54) is 4.90 Å².